The van der Waals surface area contributed by atoms with Crippen molar-refractivity contribution in [1.29, 1.82) is 0 Å². The molecule has 0 aliphatic carbocycles. The quantitative estimate of drug-likeness (QED) is 0.707. The number of nitrogens with one attached hydrogen (secondary N) is 3. The Labute approximate surface area is 163 Å². The molecule has 0 spiro atoms. The maximum Gasteiger partial charge on any atom is 0.279 e. The summed E-state index contributed by atoms with van der Waals surface area (Å²) in [5.41, 5.74) is 3.99. The molecule has 0 fully saturated rings. The Morgan fingerprint density at radius 3 is 2.11 bits per heavy atom. The fourth-order valence-corrected chi connectivity index (χ4v) is 3.12. The van der Waals surface area contributed by atoms with E-state index in [1.54, 1.807) is 7.05 Å². The van der Waals surface area contributed by atoms with Crippen LogP contribution in [0, 0.1) is 26.6 Å². The molecule has 27 heavy (non-hydrogen) atoms. The predicted octanol–water partition coefficient (Wildman–Crippen LogP) is 2.50. The molecule has 7 heteroatoms. The van der Waals surface area contributed by atoms with Gasteiger partial charge in [-0.3, -0.25) is 9.59 Å². The molecule has 1 unspecified atom stereocenters. The maximum atomic E-state index is 13.7. The lowest BCUT2D eigenvalue weighted by Gasteiger charge is -2.16. The van der Waals surface area contributed by atoms with Crippen LogP contribution in [0.15, 0.2) is 30.3 Å². The fraction of sp³-hybridized carbons (Fsp3) is 0.300. The molecule has 0 saturated carbocycles. The molecule has 2 aromatic rings. The molecule has 5 nitrogen and oxygen atoms in total. The van der Waals surface area contributed by atoms with Crippen molar-refractivity contribution >= 4 is 34.8 Å². The largest absolute Gasteiger partial charge is 0.322 e. The van der Waals surface area contributed by atoms with Crippen LogP contribution in [0.4, 0.5) is 15.8 Å². The molecule has 0 saturated heterocycles. The van der Waals surface area contributed by atoms with Gasteiger partial charge in [-0.25, -0.2) is 4.39 Å². The van der Waals surface area contributed by atoms with Crippen molar-refractivity contribution in [2.45, 2.75) is 20.8 Å². The first-order chi connectivity index (χ1) is 12.7. The van der Waals surface area contributed by atoms with Gasteiger partial charge >= 0.3 is 0 Å². The van der Waals surface area contributed by atoms with Crippen LogP contribution in [0.5, 0.6) is 0 Å². The number of benzene rings is 2. The first-order valence-corrected chi connectivity index (χ1v) is 8.97. The third-order valence-corrected chi connectivity index (χ3v) is 4.31. The summed E-state index contributed by atoms with van der Waals surface area (Å²) in [7, 11) is 1.73. The Kier molecular flexibility index (Phi) is 6.93. The van der Waals surface area contributed by atoms with Gasteiger partial charge in [-0.1, -0.05) is 29.3 Å². The first kappa shape index (κ1) is 20.9. The molecule has 0 aliphatic heterocycles. The van der Waals surface area contributed by atoms with Crippen LogP contribution in [0.2, 0.25) is 5.02 Å². The summed E-state index contributed by atoms with van der Waals surface area (Å²) in [5, 5.41) is 5.66. The molecule has 0 heterocycles. The Bertz CT molecular complexity index is 847. The van der Waals surface area contributed by atoms with Crippen molar-refractivity contribution in [3.8, 4) is 0 Å². The van der Waals surface area contributed by atoms with E-state index in [2.05, 4.69) is 10.6 Å². The molecule has 2 amide bonds. The zero-order valence-electron chi connectivity index (χ0n) is 15.9. The number of rotatable bonds is 6. The number of hydrogen-bond acceptors (Lipinski definition) is 2. The van der Waals surface area contributed by atoms with Crippen LogP contribution in [0.1, 0.15) is 16.7 Å². The lowest BCUT2D eigenvalue weighted by molar-refractivity contribution is -0.862. The normalized spacial score (nSPS) is 11.8. The fourth-order valence-electron chi connectivity index (χ4n) is 2.96. The average molecular weight is 393 g/mol. The Balaban J connectivity index is 1.90. The van der Waals surface area contributed by atoms with E-state index >= 15 is 0 Å². The van der Waals surface area contributed by atoms with E-state index in [0.29, 0.717) is 4.90 Å². The summed E-state index contributed by atoms with van der Waals surface area (Å²) in [4.78, 5) is 25.1. The summed E-state index contributed by atoms with van der Waals surface area (Å²) in [6, 6.07) is 8.05. The van der Waals surface area contributed by atoms with E-state index in [1.165, 1.54) is 12.1 Å². The van der Waals surface area contributed by atoms with Gasteiger partial charge in [0.2, 0.25) is 0 Å². The number of likely N-dealkylation sites (N-methyl/N-ethyl adjacent to an activating group) is 1. The van der Waals surface area contributed by atoms with Gasteiger partial charge in [0.1, 0.15) is 5.82 Å². The van der Waals surface area contributed by atoms with Crippen LogP contribution in [-0.2, 0) is 9.59 Å². The highest BCUT2D eigenvalue weighted by Crippen LogP contribution is 2.21. The number of quaternary nitrogens is 1. The minimum Gasteiger partial charge on any atom is -0.322 e. The van der Waals surface area contributed by atoms with Gasteiger partial charge in [0, 0.05) is 10.7 Å². The molecule has 2 aromatic carbocycles. The average Bonchev–Trinajstić information content (AvgIpc) is 2.53. The minimum absolute atomic E-state index is 0.0291. The standard InChI is InChI=1S/C20H23ClFN3O2/c1-12-7-13(2)20(14(3)8-12)24-19(27)11-25(4)10-18(26)23-17-6-5-15(21)9-16(17)22/h5-9H,10-11H2,1-4H3,(H,23,26)(H,24,27)/p+1. The van der Waals surface area contributed by atoms with E-state index in [9.17, 15) is 14.0 Å². The lowest BCUT2D eigenvalue weighted by Crippen LogP contribution is -3.11. The highest BCUT2D eigenvalue weighted by Gasteiger charge is 2.17. The monoisotopic (exact) mass is 392 g/mol. The van der Waals surface area contributed by atoms with Crippen LogP contribution in [0.25, 0.3) is 0 Å². The molecule has 3 N–H and O–H groups in total. The number of halogens is 2. The summed E-state index contributed by atoms with van der Waals surface area (Å²) >= 11 is 5.69. The molecular formula is C20H24ClFN3O2+. The van der Waals surface area contributed by atoms with Crippen molar-refractivity contribution in [1.82, 2.24) is 0 Å². The molecule has 0 bridgehead atoms. The second-order valence-corrected chi connectivity index (χ2v) is 7.24. The van der Waals surface area contributed by atoms with E-state index < -0.39 is 5.82 Å². The topological polar surface area (TPSA) is 62.6 Å². The third-order valence-electron chi connectivity index (χ3n) is 4.07. The zero-order valence-corrected chi connectivity index (χ0v) is 16.6. The number of aryl methyl sites for hydroxylation is 3. The van der Waals surface area contributed by atoms with Crippen molar-refractivity contribution < 1.29 is 18.9 Å². The third kappa shape index (κ3) is 6.05. The molecule has 0 aromatic heterocycles. The predicted molar refractivity (Wildman–Crippen MR) is 106 cm³/mol. The van der Waals surface area contributed by atoms with E-state index in [0.717, 1.165) is 28.4 Å². The van der Waals surface area contributed by atoms with Crippen molar-refractivity contribution in [3.05, 3.63) is 57.9 Å². The van der Waals surface area contributed by atoms with Crippen molar-refractivity contribution in [2.75, 3.05) is 30.8 Å². The molecular weight excluding hydrogens is 369 g/mol. The van der Waals surface area contributed by atoms with Crippen LogP contribution in [-0.4, -0.2) is 32.0 Å². The van der Waals surface area contributed by atoms with Gasteiger partial charge < -0.3 is 15.5 Å². The highest BCUT2D eigenvalue weighted by molar-refractivity contribution is 6.30. The molecule has 0 aliphatic rings. The van der Waals surface area contributed by atoms with E-state index in [-0.39, 0.29) is 35.6 Å². The Hall–Kier alpha value is -2.44. The van der Waals surface area contributed by atoms with Crippen LogP contribution in [0.3, 0.4) is 0 Å². The van der Waals surface area contributed by atoms with Gasteiger partial charge in [-0.2, -0.15) is 0 Å². The van der Waals surface area contributed by atoms with Gasteiger partial charge in [0.25, 0.3) is 11.8 Å². The zero-order chi connectivity index (χ0) is 20.1. The SMILES string of the molecule is Cc1cc(C)c(NC(=O)C[NH+](C)CC(=O)Nc2ccc(Cl)cc2F)c(C)c1. The lowest BCUT2D eigenvalue weighted by atomic mass is 10.1. The van der Waals surface area contributed by atoms with Gasteiger partial charge in [-0.15, -0.1) is 0 Å². The second-order valence-electron chi connectivity index (χ2n) is 6.80. The summed E-state index contributed by atoms with van der Waals surface area (Å²) < 4.78 is 13.7. The summed E-state index contributed by atoms with van der Waals surface area (Å²) in [6.07, 6.45) is 0. The minimum atomic E-state index is -0.600. The highest BCUT2D eigenvalue weighted by atomic mass is 35.5. The molecule has 144 valence electrons. The van der Waals surface area contributed by atoms with E-state index in [4.69, 9.17) is 11.6 Å². The number of hydrogen-bond donors (Lipinski definition) is 3. The number of carbonyl (C=O) groups excluding carboxylic acids is 2. The van der Waals surface area contributed by atoms with Gasteiger partial charge in [-0.05, 0) is 50.1 Å². The number of carbonyl (C=O) groups is 2. The van der Waals surface area contributed by atoms with Gasteiger partial charge in [0.15, 0.2) is 13.1 Å². The van der Waals surface area contributed by atoms with E-state index in [1.807, 2.05) is 32.9 Å². The van der Waals surface area contributed by atoms with Crippen molar-refractivity contribution in [3.63, 3.8) is 0 Å². The first-order valence-electron chi connectivity index (χ1n) is 8.59. The summed E-state index contributed by atoms with van der Waals surface area (Å²) in [5.74, 6) is -1.17. The van der Waals surface area contributed by atoms with Gasteiger partial charge in [0.05, 0.1) is 12.7 Å². The second kappa shape index (κ2) is 8.97. The molecule has 2 rings (SSSR count). The van der Waals surface area contributed by atoms with Crippen LogP contribution >= 0.6 is 11.6 Å². The van der Waals surface area contributed by atoms with Crippen molar-refractivity contribution in [2.24, 2.45) is 0 Å². The molecule has 1 atom stereocenters. The molecule has 0 radical (unpaired) electrons. The number of anilines is 2. The van der Waals surface area contributed by atoms with Crippen LogP contribution < -0.4 is 15.5 Å². The smallest absolute Gasteiger partial charge is 0.279 e. The Morgan fingerprint density at radius 1 is 1.00 bits per heavy atom. The number of amides is 2. The summed E-state index contributed by atoms with van der Waals surface area (Å²) in [6.45, 7) is 6.04. The Morgan fingerprint density at radius 2 is 1.56 bits per heavy atom. The maximum absolute atomic E-state index is 13.7.